The quantitative estimate of drug-likeness (QED) is 0.250. The van der Waals surface area contributed by atoms with Gasteiger partial charge in [0.05, 0.1) is 29.9 Å². The third-order valence-electron chi connectivity index (χ3n) is 5.05. The third-order valence-corrected chi connectivity index (χ3v) is 6.84. The minimum absolute atomic E-state index is 0.0135. The Morgan fingerprint density at radius 2 is 1.48 bits per heavy atom. The van der Waals surface area contributed by atoms with E-state index < -0.39 is 16.0 Å². The highest BCUT2D eigenvalue weighted by Crippen LogP contribution is 2.30. The van der Waals surface area contributed by atoms with Crippen LogP contribution in [0.25, 0.3) is 0 Å². The van der Waals surface area contributed by atoms with Crippen LogP contribution in [0.2, 0.25) is 0 Å². The number of para-hydroxylation sites is 2. The molecule has 172 valence electrons. The Hall–Kier alpha value is -3.65. The summed E-state index contributed by atoms with van der Waals surface area (Å²) in [5.41, 5.74) is 1.25. The molecule has 0 aliphatic carbocycles. The van der Waals surface area contributed by atoms with Crippen LogP contribution in [-0.2, 0) is 14.8 Å². The van der Waals surface area contributed by atoms with Gasteiger partial charge in [-0.3, -0.25) is 9.10 Å². The van der Waals surface area contributed by atoms with Gasteiger partial charge in [0.1, 0.15) is 5.75 Å². The van der Waals surface area contributed by atoms with Gasteiger partial charge in [-0.25, -0.2) is 13.2 Å². The van der Waals surface area contributed by atoms with Gasteiger partial charge in [-0.2, -0.15) is 0 Å². The summed E-state index contributed by atoms with van der Waals surface area (Å²) in [6.45, 7) is 0.0913. The number of esters is 1. The van der Waals surface area contributed by atoms with Gasteiger partial charge in [0.25, 0.3) is 10.0 Å². The van der Waals surface area contributed by atoms with Crippen molar-refractivity contribution in [2.75, 3.05) is 25.1 Å². The van der Waals surface area contributed by atoms with Gasteiger partial charge in [0, 0.05) is 19.0 Å². The Kier molecular flexibility index (Phi) is 7.84. The number of methoxy groups -OCH3 is 1. The predicted molar refractivity (Wildman–Crippen MR) is 125 cm³/mol. The lowest BCUT2D eigenvalue weighted by atomic mass is 10.1. The second-order valence-electron chi connectivity index (χ2n) is 7.20. The van der Waals surface area contributed by atoms with E-state index in [0.29, 0.717) is 23.4 Å². The van der Waals surface area contributed by atoms with Gasteiger partial charge >= 0.3 is 5.97 Å². The number of anilines is 1. The van der Waals surface area contributed by atoms with Gasteiger partial charge in [0.15, 0.2) is 5.78 Å². The Labute approximate surface area is 193 Å². The highest BCUT2D eigenvalue weighted by molar-refractivity contribution is 7.92. The van der Waals surface area contributed by atoms with Crippen LogP contribution in [0.15, 0.2) is 83.8 Å². The molecule has 0 aliphatic rings. The van der Waals surface area contributed by atoms with E-state index in [2.05, 4.69) is 0 Å². The highest BCUT2D eigenvalue weighted by atomic mass is 32.2. The first-order valence-electron chi connectivity index (χ1n) is 10.3. The van der Waals surface area contributed by atoms with Crippen molar-refractivity contribution in [3.8, 4) is 5.75 Å². The Balaban J connectivity index is 1.58. The third kappa shape index (κ3) is 5.78. The number of ketones is 1. The average Bonchev–Trinajstić information content (AvgIpc) is 2.86. The summed E-state index contributed by atoms with van der Waals surface area (Å²) in [4.78, 5) is 24.4. The molecule has 0 fully saturated rings. The van der Waals surface area contributed by atoms with E-state index in [0.717, 1.165) is 4.31 Å². The van der Waals surface area contributed by atoms with Crippen LogP contribution < -0.4 is 9.04 Å². The zero-order valence-corrected chi connectivity index (χ0v) is 19.2. The number of benzene rings is 3. The van der Waals surface area contributed by atoms with Crippen molar-refractivity contribution < 1.29 is 27.5 Å². The van der Waals surface area contributed by atoms with Gasteiger partial charge in [0.2, 0.25) is 0 Å². The molecule has 0 unspecified atom stereocenters. The summed E-state index contributed by atoms with van der Waals surface area (Å²) < 4.78 is 37.6. The Bertz CT molecular complexity index is 1210. The monoisotopic (exact) mass is 467 g/mol. The molecule has 3 aromatic rings. The fourth-order valence-electron chi connectivity index (χ4n) is 3.19. The van der Waals surface area contributed by atoms with Crippen LogP contribution in [0.1, 0.15) is 33.6 Å². The van der Waals surface area contributed by atoms with Crippen molar-refractivity contribution in [1.29, 1.82) is 0 Å². The lowest BCUT2D eigenvalue weighted by Crippen LogP contribution is -2.27. The maximum atomic E-state index is 13.0. The zero-order chi connectivity index (χ0) is 23.8. The van der Waals surface area contributed by atoms with E-state index in [1.54, 1.807) is 48.5 Å². The maximum Gasteiger partial charge on any atom is 0.338 e. The SMILES string of the molecule is COc1ccccc1N(C)S(=O)(=O)c1ccc(C(=O)OCCCC(=O)c2ccccc2)cc1. The zero-order valence-electron chi connectivity index (χ0n) is 18.4. The van der Waals surface area contributed by atoms with E-state index in [4.69, 9.17) is 9.47 Å². The van der Waals surface area contributed by atoms with E-state index >= 15 is 0 Å². The second kappa shape index (κ2) is 10.8. The summed E-state index contributed by atoms with van der Waals surface area (Å²) in [7, 11) is -0.954. The molecule has 0 aromatic heterocycles. The molecular formula is C25H25NO6S. The van der Waals surface area contributed by atoms with E-state index in [1.807, 2.05) is 6.07 Å². The molecule has 0 radical (unpaired) electrons. The van der Waals surface area contributed by atoms with Crippen molar-refractivity contribution in [3.05, 3.63) is 90.0 Å². The molecule has 0 amide bonds. The predicted octanol–water partition coefficient (Wildman–Crippen LogP) is 4.34. The normalized spacial score (nSPS) is 11.0. The number of rotatable bonds is 10. The molecule has 0 aliphatic heterocycles. The van der Waals surface area contributed by atoms with E-state index in [1.165, 1.54) is 38.4 Å². The fourth-order valence-corrected chi connectivity index (χ4v) is 4.40. The first kappa shape index (κ1) is 24.0. The number of ether oxygens (including phenoxy) is 2. The van der Waals surface area contributed by atoms with Crippen LogP contribution in [0.3, 0.4) is 0 Å². The molecule has 33 heavy (non-hydrogen) atoms. The molecule has 0 heterocycles. The number of carbonyl (C=O) groups is 2. The molecule has 0 bridgehead atoms. The van der Waals surface area contributed by atoms with Crippen LogP contribution in [0, 0.1) is 0 Å². The Morgan fingerprint density at radius 3 is 2.15 bits per heavy atom. The number of carbonyl (C=O) groups excluding carboxylic acids is 2. The molecule has 0 saturated heterocycles. The van der Waals surface area contributed by atoms with Crippen molar-refractivity contribution >= 4 is 27.5 Å². The van der Waals surface area contributed by atoms with Crippen molar-refractivity contribution in [2.24, 2.45) is 0 Å². The minimum atomic E-state index is -3.86. The maximum absolute atomic E-state index is 13.0. The molecule has 7 nitrogen and oxygen atoms in total. The lowest BCUT2D eigenvalue weighted by molar-refractivity contribution is 0.0494. The molecule has 8 heteroatoms. The van der Waals surface area contributed by atoms with Crippen LogP contribution in [-0.4, -0.2) is 40.9 Å². The summed E-state index contributed by atoms with van der Waals surface area (Å²) in [6.07, 6.45) is 0.666. The van der Waals surface area contributed by atoms with Gasteiger partial charge in [-0.1, -0.05) is 42.5 Å². The lowest BCUT2D eigenvalue weighted by Gasteiger charge is -2.21. The number of hydrogen-bond acceptors (Lipinski definition) is 6. The largest absolute Gasteiger partial charge is 0.495 e. The van der Waals surface area contributed by atoms with Gasteiger partial charge < -0.3 is 9.47 Å². The van der Waals surface area contributed by atoms with E-state index in [9.17, 15) is 18.0 Å². The molecule has 3 aromatic carbocycles. The van der Waals surface area contributed by atoms with Gasteiger partial charge in [-0.05, 0) is 42.8 Å². The second-order valence-corrected chi connectivity index (χ2v) is 9.17. The molecule has 0 atom stereocenters. The minimum Gasteiger partial charge on any atom is -0.495 e. The topological polar surface area (TPSA) is 90.0 Å². The molecule has 0 saturated carbocycles. The van der Waals surface area contributed by atoms with Gasteiger partial charge in [-0.15, -0.1) is 0 Å². The summed E-state index contributed by atoms with van der Waals surface area (Å²) in [5, 5.41) is 0. The number of hydrogen-bond donors (Lipinski definition) is 0. The molecule has 0 spiro atoms. The van der Waals surface area contributed by atoms with Crippen molar-refractivity contribution in [1.82, 2.24) is 0 Å². The van der Waals surface area contributed by atoms with Crippen molar-refractivity contribution in [3.63, 3.8) is 0 Å². The number of Topliss-reactive ketones (excluding diaryl/α,β-unsaturated/α-hetero) is 1. The fraction of sp³-hybridized carbons (Fsp3) is 0.200. The summed E-state index contributed by atoms with van der Waals surface area (Å²) in [5.74, 6) is -0.168. The molecule has 0 N–H and O–H groups in total. The van der Waals surface area contributed by atoms with Crippen LogP contribution in [0.5, 0.6) is 5.75 Å². The van der Waals surface area contributed by atoms with Crippen molar-refractivity contribution in [2.45, 2.75) is 17.7 Å². The van der Waals surface area contributed by atoms with Crippen LogP contribution in [0.4, 0.5) is 5.69 Å². The number of sulfonamides is 1. The first-order valence-corrected chi connectivity index (χ1v) is 11.8. The Morgan fingerprint density at radius 1 is 0.848 bits per heavy atom. The number of nitrogens with zero attached hydrogens (tertiary/aromatic N) is 1. The first-order chi connectivity index (χ1) is 15.8. The summed E-state index contributed by atoms with van der Waals surface area (Å²) in [6, 6.07) is 21.2. The van der Waals surface area contributed by atoms with Crippen LogP contribution >= 0.6 is 0 Å². The summed E-state index contributed by atoms with van der Waals surface area (Å²) >= 11 is 0. The average molecular weight is 468 g/mol. The standard InChI is InChI=1S/C25H25NO6S/c1-26(22-11-6-7-13-24(22)31-2)33(29,30)21-16-14-20(15-17-21)25(28)32-18-8-12-23(27)19-9-4-3-5-10-19/h3-7,9-11,13-17H,8,12,18H2,1-2H3. The molecular weight excluding hydrogens is 442 g/mol. The molecule has 3 rings (SSSR count). The van der Waals surface area contributed by atoms with E-state index in [-0.39, 0.29) is 29.3 Å². The smallest absolute Gasteiger partial charge is 0.338 e. The highest BCUT2D eigenvalue weighted by Gasteiger charge is 2.24.